The predicted octanol–water partition coefficient (Wildman–Crippen LogP) is 4.21. The molecule has 4 nitrogen and oxygen atoms in total. The van der Waals surface area contributed by atoms with Crippen molar-refractivity contribution in [2.24, 2.45) is 4.99 Å². The highest BCUT2D eigenvalue weighted by Gasteiger charge is 2.45. The minimum atomic E-state index is -0.111. The molecule has 2 N–H and O–H groups in total. The van der Waals surface area contributed by atoms with E-state index in [-0.39, 0.29) is 35.2 Å². The Bertz CT molecular complexity index is 786. The van der Waals surface area contributed by atoms with Gasteiger partial charge in [0.05, 0.1) is 10.7 Å². The highest BCUT2D eigenvalue weighted by molar-refractivity contribution is 14.0. The van der Waals surface area contributed by atoms with Gasteiger partial charge in [-0.3, -0.25) is 4.99 Å². The van der Waals surface area contributed by atoms with Crippen molar-refractivity contribution in [1.82, 2.24) is 15.6 Å². The molecule has 0 atom stereocenters. The summed E-state index contributed by atoms with van der Waals surface area (Å²) in [5.74, 6) is 0.650. The topological polar surface area (TPSA) is 49.3 Å². The first-order valence-electron chi connectivity index (χ1n) is 9.22. The zero-order valence-electron chi connectivity index (χ0n) is 16.1. The van der Waals surface area contributed by atoms with E-state index in [0.29, 0.717) is 6.54 Å². The van der Waals surface area contributed by atoms with Gasteiger partial charge in [-0.2, -0.15) is 0 Å². The Labute approximate surface area is 182 Å². The molecular weight excluding hydrogens is 474 g/mol. The summed E-state index contributed by atoms with van der Waals surface area (Å²) in [6.45, 7) is 5.75. The molecule has 1 aliphatic rings. The number of hydrogen-bond donors (Lipinski definition) is 2. The van der Waals surface area contributed by atoms with Crippen LogP contribution in [0.5, 0.6) is 0 Å². The molecule has 1 heterocycles. The fraction of sp³-hybridized carbons (Fsp3) is 0.500. The first kappa shape index (κ1) is 22.1. The molecule has 1 aliphatic carbocycles. The van der Waals surface area contributed by atoms with Crippen LogP contribution >= 0.6 is 35.3 Å². The van der Waals surface area contributed by atoms with Crippen LogP contribution in [0.3, 0.4) is 0 Å². The Morgan fingerprint density at radius 3 is 2.63 bits per heavy atom. The van der Waals surface area contributed by atoms with Crippen molar-refractivity contribution in [2.75, 3.05) is 20.1 Å². The van der Waals surface area contributed by atoms with E-state index in [2.05, 4.69) is 34.5 Å². The molecule has 2 aromatic rings. The fourth-order valence-electron chi connectivity index (χ4n) is 3.27. The molecule has 0 aliphatic heterocycles. The van der Waals surface area contributed by atoms with E-state index in [9.17, 15) is 4.39 Å². The fourth-order valence-corrected chi connectivity index (χ4v) is 4.29. The first-order chi connectivity index (χ1) is 12.6. The highest BCUT2D eigenvalue weighted by atomic mass is 127. The standard InChI is InChI=1S/C20H27FN4S.HI/c1-4-17-14(2)26-18(25-17)9-12-23-19(22-3)24-13-20(10-11-20)15-7-5-6-8-16(15)21;/h5-8H,4,9-13H2,1-3H3,(H2,22,23,24);1H. The van der Waals surface area contributed by atoms with Crippen molar-refractivity contribution in [1.29, 1.82) is 0 Å². The number of aliphatic imine (C=N–C) groups is 1. The number of aryl methyl sites for hydroxylation is 2. The first-order valence-corrected chi connectivity index (χ1v) is 10.0. The second kappa shape index (κ2) is 9.82. The van der Waals surface area contributed by atoms with Gasteiger partial charge in [0.15, 0.2) is 5.96 Å². The Morgan fingerprint density at radius 1 is 1.30 bits per heavy atom. The molecule has 0 saturated heterocycles. The second-order valence-electron chi connectivity index (χ2n) is 6.83. The molecular formula is C20H28FIN4S. The molecule has 0 spiro atoms. The average molecular weight is 502 g/mol. The number of guanidine groups is 1. The van der Waals surface area contributed by atoms with Crippen molar-refractivity contribution in [3.8, 4) is 0 Å². The summed E-state index contributed by atoms with van der Waals surface area (Å²) in [4.78, 5) is 10.3. The third-order valence-corrected chi connectivity index (χ3v) is 6.09. The van der Waals surface area contributed by atoms with Crippen LogP contribution in [-0.2, 0) is 18.3 Å². The number of thiazole rings is 1. The summed E-state index contributed by atoms with van der Waals surface area (Å²) in [6.07, 6.45) is 3.88. The van der Waals surface area contributed by atoms with Gasteiger partial charge in [-0.05, 0) is 37.8 Å². The zero-order valence-corrected chi connectivity index (χ0v) is 19.3. The minimum absolute atomic E-state index is 0. The molecule has 0 radical (unpaired) electrons. The monoisotopic (exact) mass is 502 g/mol. The van der Waals surface area contributed by atoms with Crippen LogP contribution in [0.4, 0.5) is 4.39 Å². The van der Waals surface area contributed by atoms with Crippen molar-refractivity contribution in [3.05, 3.63) is 51.2 Å². The van der Waals surface area contributed by atoms with Crippen LogP contribution in [0.1, 0.15) is 40.9 Å². The number of halogens is 2. The minimum Gasteiger partial charge on any atom is -0.356 e. The average Bonchev–Trinajstić information content (AvgIpc) is 3.34. The van der Waals surface area contributed by atoms with Crippen LogP contribution in [0.2, 0.25) is 0 Å². The summed E-state index contributed by atoms with van der Waals surface area (Å²) < 4.78 is 14.1. The van der Waals surface area contributed by atoms with Gasteiger partial charge in [0, 0.05) is 36.9 Å². The number of rotatable bonds is 7. The Hall–Kier alpha value is -1.22. The van der Waals surface area contributed by atoms with Crippen LogP contribution in [0, 0.1) is 12.7 Å². The lowest BCUT2D eigenvalue weighted by Crippen LogP contribution is -2.42. The third-order valence-electron chi connectivity index (χ3n) is 5.02. The number of benzene rings is 1. The largest absolute Gasteiger partial charge is 0.356 e. The van der Waals surface area contributed by atoms with Crippen molar-refractivity contribution < 1.29 is 4.39 Å². The second-order valence-corrected chi connectivity index (χ2v) is 8.11. The van der Waals surface area contributed by atoms with Crippen molar-refractivity contribution in [2.45, 2.75) is 44.9 Å². The maximum atomic E-state index is 14.1. The Kier molecular flexibility index (Phi) is 8.03. The quantitative estimate of drug-likeness (QED) is 0.339. The maximum absolute atomic E-state index is 14.1. The number of nitrogens with one attached hydrogen (secondary N) is 2. The number of hydrogen-bond acceptors (Lipinski definition) is 3. The van der Waals surface area contributed by atoms with Crippen molar-refractivity contribution in [3.63, 3.8) is 0 Å². The predicted molar refractivity (Wildman–Crippen MR) is 122 cm³/mol. The summed E-state index contributed by atoms with van der Waals surface area (Å²) in [5, 5.41) is 7.87. The molecule has 0 unspecified atom stereocenters. The van der Waals surface area contributed by atoms with Gasteiger partial charge in [0.2, 0.25) is 0 Å². The van der Waals surface area contributed by atoms with Crippen LogP contribution in [-0.4, -0.2) is 31.1 Å². The number of nitrogens with zero attached hydrogens (tertiary/aromatic N) is 2. The summed E-state index contributed by atoms with van der Waals surface area (Å²) in [6, 6.07) is 7.10. The van der Waals surface area contributed by atoms with E-state index < -0.39 is 0 Å². The van der Waals surface area contributed by atoms with Crippen molar-refractivity contribution >= 4 is 41.3 Å². The van der Waals surface area contributed by atoms with Gasteiger partial charge in [0.25, 0.3) is 0 Å². The van der Waals surface area contributed by atoms with Crippen LogP contribution < -0.4 is 10.6 Å². The van der Waals surface area contributed by atoms with E-state index in [4.69, 9.17) is 0 Å². The highest BCUT2D eigenvalue weighted by Crippen LogP contribution is 2.48. The van der Waals surface area contributed by atoms with E-state index in [1.165, 1.54) is 10.6 Å². The van der Waals surface area contributed by atoms with E-state index in [1.807, 2.05) is 12.1 Å². The number of aromatic nitrogens is 1. The zero-order chi connectivity index (χ0) is 18.6. The van der Waals surface area contributed by atoms with Crippen LogP contribution in [0.25, 0.3) is 0 Å². The van der Waals surface area contributed by atoms with Gasteiger partial charge in [0.1, 0.15) is 5.82 Å². The molecule has 1 saturated carbocycles. The molecule has 7 heteroatoms. The molecule has 1 fully saturated rings. The molecule has 0 amide bonds. The third kappa shape index (κ3) is 5.40. The van der Waals surface area contributed by atoms with Gasteiger partial charge >= 0.3 is 0 Å². The van der Waals surface area contributed by atoms with E-state index in [0.717, 1.165) is 48.8 Å². The lowest BCUT2D eigenvalue weighted by atomic mass is 9.95. The molecule has 148 valence electrons. The van der Waals surface area contributed by atoms with E-state index in [1.54, 1.807) is 30.5 Å². The Balaban J connectivity index is 0.00000261. The lowest BCUT2D eigenvalue weighted by Gasteiger charge is -2.19. The SMILES string of the molecule is CCc1nc(CCNC(=NC)NCC2(c3ccccc3F)CC2)sc1C.I. The summed E-state index contributed by atoms with van der Waals surface area (Å²) in [7, 11) is 1.76. The van der Waals surface area contributed by atoms with Gasteiger partial charge < -0.3 is 10.6 Å². The van der Waals surface area contributed by atoms with Crippen LogP contribution in [0.15, 0.2) is 29.3 Å². The molecule has 0 bridgehead atoms. The van der Waals surface area contributed by atoms with Gasteiger partial charge in [-0.15, -0.1) is 35.3 Å². The van der Waals surface area contributed by atoms with Gasteiger partial charge in [-0.25, -0.2) is 9.37 Å². The Morgan fingerprint density at radius 2 is 2.04 bits per heavy atom. The smallest absolute Gasteiger partial charge is 0.191 e. The lowest BCUT2D eigenvalue weighted by molar-refractivity contribution is 0.559. The normalized spacial score (nSPS) is 15.2. The molecule has 1 aromatic heterocycles. The maximum Gasteiger partial charge on any atom is 0.191 e. The summed E-state index contributed by atoms with van der Waals surface area (Å²) in [5.41, 5.74) is 1.92. The van der Waals surface area contributed by atoms with Gasteiger partial charge in [-0.1, -0.05) is 25.1 Å². The molecule has 27 heavy (non-hydrogen) atoms. The van der Waals surface area contributed by atoms with E-state index >= 15 is 0 Å². The molecule has 3 rings (SSSR count). The summed E-state index contributed by atoms with van der Waals surface area (Å²) >= 11 is 1.77. The molecule has 1 aromatic carbocycles.